The standard InChI is InChI=1S/C15H9Cl2N/c16-13-9-18-14-7-6-11(8-12(14)15(13)17)10-4-2-1-3-5-10/h1-9H. The van der Waals surface area contributed by atoms with Crippen molar-refractivity contribution >= 4 is 34.1 Å². The molecule has 0 amide bonds. The van der Waals surface area contributed by atoms with Crippen LogP contribution in [0.5, 0.6) is 0 Å². The summed E-state index contributed by atoms with van der Waals surface area (Å²) in [5, 5.41) is 1.92. The lowest BCUT2D eigenvalue weighted by Gasteiger charge is -2.06. The number of aromatic nitrogens is 1. The number of rotatable bonds is 1. The number of pyridine rings is 1. The second-order valence-electron chi connectivity index (χ2n) is 4.02. The van der Waals surface area contributed by atoms with Crippen molar-refractivity contribution in [3.8, 4) is 11.1 Å². The molecule has 0 aliphatic carbocycles. The molecule has 0 saturated heterocycles. The van der Waals surface area contributed by atoms with Gasteiger partial charge >= 0.3 is 0 Å². The maximum atomic E-state index is 6.21. The first kappa shape index (κ1) is 11.5. The molecule has 18 heavy (non-hydrogen) atoms. The van der Waals surface area contributed by atoms with E-state index >= 15 is 0 Å². The summed E-state index contributed by atoms with van der Waals surface area (Å²) >= 11 is 12.2. The summed E-state index contributed by atoms with van der Waals surface area (Å²) in [7, 11) is 0. The van der Waals surface area contributed by atoms with Crippen LogP contribution in [-0.4, -0.2) is 4.98 Å². The van der Waals surface area contributed by atoms with E-state index in [1.54, 1.807) is 6.20 Å². The molecule has 88 valence electrons. The van der Waals surface area contributed by atoms with Gasteiger partial charge in [-0.05, 0) is 23.3 Å². The van der Waals surface area contributed by atoms with E-state index in [9.17, 15) is 0 Å². The van der Waals surface area contributed by atoms with Crippen LogP contribution < -0.4 is 0 Å². The largest absolute Gasteiger partial charge is 0.255 e. The lowest BCUT2D eigenvalue weighted by molar-refractivity contribution is 1.41. The Bertz CT molecular complexity index is 708. The molecule has 0 atom stereocenters. The second kappa shape index (κ2) is 4.60. The first-order valence-electron chi connectivity index (χ1n) is 5.55. The number of halogens is 2. The highest BCUT2D eigenvalue weighted by Gasteiger charge is 2.06. The quantitative estimate of drug-likeness (QED) is 0.593. The number of benzene rings is 2. The van der Waals surface area contributed by atoms with E-state index in [4.69, 9.17) is 23.2 Å². The van der Waals surface area contributed by atoms with Gasteiger partial charge in [0.1, 0.15) is 0 Å². The summed E-state index contributed by atoms with van der Waals surface area (Å²) in [4.78, 5) is 4.26. The van der Waals surface area contributed by atoms with Crippen molar-refractivity contribution in [1.29, 1.82) is 0 Å². The summed E-state index contributed by atoms with van der Waals surface area (Å²) in [6.45, 7) is 0. The van der Waals surface area contributed by atoms with Crippen LogP contribution >= 0.6 is 23.2 Å². The van der Waals surface area contributed by atoms with Gasteiger partial charge in [0, 0.05) is 11.6 Å². The molecule has 1 aromatic heterocycles. The Labute approximate surface area is 115 Å². The van der Waals surface area contributed by atoms with Gasteiger partial charge in [0.2, 0.25) is 0 Å². The number of hydrogen-bond acceptors (Lipinski definition) is 1. The minimum absolute atomic E-state index is 0.481. The molecule has 0 N–H and O–H groups in total. The van der Waals surface area contributed by atoms with Gasteiger partial charge in [-0.2, -0.15) is 0 Å². The van der Waals surface area contributed by atoms with Gasteiger partial charge in [-0.1, -0.05) is 59.6 Å². The number of fused-ring (bicyclic) bond motifs is 1. The highest BCUT2D eigenvalue weighted by molar-refractivity contribution is 6.45. The molecule has 1 nitrogen and oxygen atoms in total. The van der Waals surface area contributed by atoms with Gasteiger partial charge in [-0.15, -0.1) is 0 Å². The molecule has 0 unspecified atom stereocenters. The summed E-state index contributed by atoms with van der Waals surface area (Å²) in [6.07, 6.45) is 1.58. The third-order valence-corrected chi connectivity index (χ3v) is 3.66. The maximum absolute atomic E-state index is 6.21. The molecule has 0 spiro atoms. The summed E-state index contributed by atoms with van der Waals surface area (Å²) in [6, 6.07) is 16.2. The van der Waals surface area contributed by atoms with E-state index in [0.29, 0.717) is 10.0 Å². The maximum Gasteiger partial charge on any atom is 0.0782 e. The van der Waals surface area contributed by atoms with E-state index in [1.165, 1.54) is 0 Å². The molecule has 1 heterocycles. The Morgan fingerprint density at radius 2 is 1.61 bits per heavy atom. The van der Waals surface area contributed by atoms with Crippen molar-refractivity contribution < 1.29 is 0 Å². The fourth-order valence-corrected chi connectivity index (χ4v) is 2.30. The highest BCUT2D eigenvalue weighted by Crippen LogP contribution is 2.32. The fraction of sp³-hybridized carbons (Fsp3) is 0. The van der Waals surface area contributed by atoms with E-state index in [1.807, 2.05) is 36.4 Å². The Morgan fingerprint density at radius 1 is 0.833 bits per heavy atom. The monoisotopic (exact) mass is 273 g/mol. The van der Waals surface area contributed by atoms with Crippen LogP contribution in [0.4, 0.5) is 0 Å². The van der Waals surface area contributed by atoms with Crippen LogP contribution in [0.25, 0.3) is 22.0 Å². The van der Waals surface area contributed by atoms with Gasteiger partial charge < -0.3 is 0 Å². The van der Waals surface area contributed by atoms with Crippen molar-refractivity contribution in [2.24, 2.45) is 0 Å². The molecular weight excluding hydrogens is 265 g/mol. The van der Waals surface area contributed by atoms with Crippen LogP contribution in [-0.2, 0) is 0 Å². The summed E-state index contributed by atoms with van der Waals surface area (Å²) in [5.41, 5.74) is 3.11. The Morgan fingerprint density at radius 3 is 2.39 bits per heavy atom. The normalized spacial score (nSPS) is 10.8. The Balaban J connectivity index is 2.25. The van der Waals surface area contributed by atoms with E-state index in [-0.39, 0.29) is 0 Å². The zero-order valence-corrected chi connectivity index (χ0v) is 10.9. The Hall–Kier alpha value is -1.57. The summed E-state index contributed by atoms with van der Waals surface area (Å²) in [5.74, 6) is 0. The van der Waals surface area contributed by atoms with Crippen LogP contribution in [0.2, 0.25) is 10.0 Å². The zero-order chi connectivity index (χ0) is 12.5. The molecule has 0 aliphatic rings. The molecule has 0 bridgehead atoms. The SMILES string of the molecule is Clc1cnc2ccc(-c3ccccc3)cc2c1Cl. The topological polar surface area (TPSA) is 12.9 Å². The van der Waals surface area contributed by atoms with Gasteiger partial charge in [0.25, 0.3) is 0 Å². The van der Waals surface area contributed by atoms with E-state index in [0.717, 1.165) is 22.0 Å². The van der Waals surface area contributed by atoms with E-state index in [2.05, 4.69) is 17.1 Å². The van der Waals surface area contributed by atoms with Crippen LogP contribution in [0, 0.1) is 0 Å². The molecule has 3 aromatic rings. The molecule has 3 rings (SSSR count). The van der Waals surface area contributed by atoms with Crippen LogP contribution in [0.15, 0.2) is 54.7 Å². The lowest BCUT2D eigenvalue weighted by Crippen LogP contribution is -1.83. The summed E-state index contributed by atoms with van der Waals surface area (Å²) < 4.78 is 0. The van der Waals surface area contributed by atoms with Gasteiger partial charge in [-0.25, -0.2) is 0 Å². The highest BCUT2D eigenvalue weighted by atomic mass is 35.5. The smallest absolute Gasteiger partial charge is 0.0782 e. The van der Waals surface area contributed by atoms with Crippen molar-refractivity contribution in [3.05, 3.63) is 64.8 Å². The van der Waals surface area contributed by atoms with Crippen molar-refractivity contribution in [3.63, 3.8) is 0 Å². The third kappa shape index (κ3) is 1.96. The van der Waals surface area contributed by atoms with Crippen molar-refractivity contribution in [1.82, 2.24) is 4.98 Å². The molecule has 0 radical (unpaired) electrons. The minimum atomic E-state index is 0.481. The average Bonchev–Trinajstić information content (AvgIpc) is 2.44. The zero-order valence-electron chi connectivity index (χ0n) is 9.40. The average molecular weight is 274 g/mol. The van der Waals surface area contributed by atoms with E-state index < -0.39 is 0 Å². The van der Waals surface area contributed by atoms with Gasteiger partial charge in [0.05, 0.1) is 15.6 Å². The Kier molecular flexibility index (Phi) is 2.94. The first-order valence-corrected chi connectivity index (χ1v) is 6.30. The predicted octanol–water partition coefficient (Wildman–Crippen LogP) is 5.21. The van der Waals surface area contributed by atoms with Crippen LogP contribution in [0.3, 0.4) is 0 Å². The van der Waals surface area contributed by atoms with Crippen LogP contribution in [0.1, 0.15) is 0 Å². The second-order valence-corrected chi connectivity index (χ2v) is 4.80. The van der Waals surface area contributed by atoms with Crippen molar-refractivity contribution in [2.75, 3.05) is 0 Å². The molecule has 2 aromatic carbocycles. The first-order chi connectivity index (χ1) is 8.75. The van der Waals surface area contributed by atoms with Gasteiger partial charge in [-0.3, -0.25) is 4.98 Å². The lowest BCUT2D eigenvalue weighted by atomic mass is 10.0. The minimum Gasteiger partial charge on any atom is -0.255 e. The molecule has 0 fully saturated rings. The number of nitrogens with zero attached hydrogens (tertiary/aromatic N) is 1. The van der Waals surface area contributed by atoms with Crippen molar-refractivity contribution in [2.45, 2.75) is 0 Å². The van der Waals surface area contributed by atoms with Gasteiger partial charge in [0.15, 0.2) is 0 Å². The molecular formula is C15H9Cl2N. The molecule has 0 aliphatic heterocycles. The molecule has 3 heteroatoms. The predicted molar refractivity (Wildman–Crippen MR) is 77.2 cm³/mol. The third-order valence-electron chi connectivity index (χ3n) is 2.87. The number of hydrogen-bond donors (Lipinski definition) is 0. The molecule has 0 saturated carbocycles. The fourth-order valence-electron chi connectivity index (χ4n) is 1.95.